The van der Waals surface area contributed by atoms with Crippen LogP contribution in [-0.2, 0) is 6.42 Å². The fourth-order valence-electron chi connectivity index (χ4n) is 3.04. The normalized spacial score (nSPS) is 17.5. The van der Waals surface area contributed by atoms with Crippen LogP contribution in [-0.4, -0.2) is 50.1 Å². The molecule has 1 aliphatic rings. The van der Waals surface area contributed by atoms with Crippen molar-refractivity contribution in [2.45, 2.75) is 38.6 Å². The van der Waals surface area contributed by atoms with Gasteiger partial charge in [0.05, 0.1) is 0 Å². The summed E-state index contributed by atoms with van der Waals surface area (Å²) in [5.74, 6) is 0.911. The molecule has 0 radical (unpaired) electrons. The van der Waals surface area contributed by atoms with Crippen molar-refractivity contribution >= 4 is 5.96 Å². The molecule has 0 saturated carbocycles. The molecule has 4 heteroatoms. The first kappa shape index (κ1) is 16.8. The average Bonchev–Trinajstić information content (AvgIpc) is 3.09. The van der Waals surface area contributed by atoms with E-state index >= 15 is 0 Å². The van der Waals surface area contributed by atoms with Gasteiger partial charge >= 0.3 is 0 Å². The molecule has 2 rings (SSSR count). The fourth-order valence-corrected chi connectivity index (χ4v) is 3.04. The predicted molar refractivity (Wildman–Crippen MR) is 94.4 cm³/mol. The second kappa shape index (κ2) is 9.46. The molecule has 1 aliphatic heterocycles. The highest BCUT2D eigenvalue weighted by Crippen LogP contribution is 2.13. The molecule has 0 spiro atoms. The van der Waals surface area contributed by atoms with E-state index in [0.29, 0.717) is 6.04 Å². The van der Waals surface area contributed by atoms with E-state index in [1.165, 1.54) is 37.9 Å². The first-order chi connectivity index (χ1) is 10.8. The average molecular weight is 302 g/mol. The summed E-state index contributed by atoms with van der Waals surface area (Å²) >= 11 is 0. The number of benzene rings is 1. The molecule has 1 heterocycles. The van der Waals surface area contributed by atoms with E-state index in [0.717, 1.165) is 25.5 Å². The van der Waals surface area contributed by atoms with Crippen molar-refractivity contribution in [2.24, 2.45) is 4.99 Å². The summed E-state index contributed by atoms with van der Waals surface area (Å²) in [5, 5.41) is 6.89. The van der Waals surface area contributed by atoms with Crippen LogP contribution in [0.25, 0.3) is 0 Å². The molecule has 1 aromatic rings. The molecule has 4 nitrogen and oxygen atoms in total. The van der Waals surface area contributed by atoms with Crippen LogP contribution in [0.2, 0.25) is 0 Å². The molecular weight excluding hydrogens is 272 g/mol. The summed E-state index contributed by atoms with van der Waals surface area (Å²) in [6, 6.07) is 11.2. The summed E-state index contributed by atoms with van der Waals surface area (Å²) in [7, 11) is 1.84. The maximum atomic E-state index is 4.33. The van der Waals surface area contributed by atoms with Crippen LogP contribution in [0.5, 0.6) is 0 Å². The van der Waals surface area contributed by atoms with Gasteiger partial charge in [-0.15, -0.1) is 0 Å². The predicted octanol–water partition coefficient (Wildman–Crippen LogP) is 2.27. The number of guanidine groups is 1. The lowest BCUT2D eigenvalue weighted by molar-refractivity contribution is 0.236. The zero-order valence-electron chi connectivity index (χ0n) is 14.0. The minimum absolute atomic E-state index is 0.621. The van der Waals surface area contributed by atoms with E-state index in [1.807, 2.05) is 7.05 Å². The van der Waals surface area contributed by atoms with Gasteiger partial charge in [-0.25, -0.2) is 0 Å². The Labute approximate surface area is 135 Å². The maximum Gasteiger partial charge on any atom is 0.191 e. The fraction of sp³-hybridized carbons (Fsp3) is 0.611. The maximum absolute atomic E-state index is 4.33. The van der Waals surface area contributed by atoms with Gasteiger partial charge in [0.15, 0.2) is 5.96 Å². The molecule has 2 N–H and O–H groups in total. The highest BCUT2D eigenvalue weighted by atomic mass is 15.2. The van der Waals surface area contributed by atoms with Crippen molar-refractivity contribution in [3.8, 4) is 0 Å². The Bertz CT molecular complexity index is 438. The molecule has 1 saturated heterocycles. The van der Waals surface area contributed by atoms with Gasteiger partial charge in [0.1, 0.15) is 0 Å². The molecule has 22 heavy (non-hydrogen) atoms. The van der Waals surface area contributed by atoms with E-state index in [4.69, 9.17) is 0 Å². The van der Waals surface area contributed by atoms with E-state index < -0.39 is 0 Å². The van der Waals surface area contributed by atoms with Gasteiger partial charge in [-0.1, -0.05) is 37.3 Å². The molecule has 0 aromatic heterocycles. The largest absolute Gasteiger partial charge is 0.356 e. The van der Waals surface area contributed by atoms with Crippen LogP contribution < -0.4 is 10.6 Å². The Kier molecular flexibility index (Phi) is 7.23. The summed E-state index contributed by atoms with van der Waals surface area (Å²) in [5.41, 5.74) is 1.36. The Hall–Kier alpha value is -1.55. The highest BCUT2D eigenvalue weighted by Gasteiger charge is 2.20. The molecule has 122 valence electrons. The van der Waals surface area contributed by atoms with Gasteiger partial charge in [-0.3, -0.25) is 9.89 Å². The van der Waals surface area contributed by atoms with Gasteiger partial charge in [0.2, 0.25) is 0 Å². The topological polar surface area (TPSA) is 39.7 Å². The number of nitrogens with zero attached hydrogens (tertiary/aromatic N) is 2. The van der Waals surface area contributed by atoms with E-state index in [2.05, 4.69) is 57.8 Å². The summed E-state index contributed by atoms with van der Waals surface area (Å²) in [6.07, 6.45) is 4.90. The standard InChI is InChI=1S/C18H30N4/c1-3-17(22-13-7-8-14-22)15-21-18(19-2)20-12-11-16-9-5-4-6-10-16/h4-6,9-10,17H,3,7-8,11-15H2,1-2H3,(H2,19,20,21). The Morgan fingerprint density at radius 2 is 1.91 bits per heavy atom. The molecule has 1 unspecified atom stereocenters. The van der Waals surface area contributed by atoms with Crippen LogP contribution in [0, 0.1) is 0 Å². The third kappa shape index (κ3) is 5.34. The number of hydrogen-bond acceptors (Lipinski definition) is 2. The second-order valence-corrected chi connectivity index (χ2v) is 5.92. The lowest BCUT2D eigenvalue weighted by atomic mass is 10.1. The van der Waals surface area contributed by atoms with Crippen molar-refractivity contribution < 1.29 is 0 Å². The number of nitrogens with one attached hydrogen (secondary N) is 2. The third-order valence-electron chi connectivity index (χ3n) is 4.41. The van der Waals surface area contributed by atoms with E-state index in [1.54, 1.807) is 0 Å². The van der Waals surface area contributed by atoms with Crippen LogP contribution in [0.1, 0.15) is 31.7 Å². The van der Waals surface area contributed by atoms with Crippen LogP contribution in [0.3, 0.4) is 0 Å². The number of rotatable bonds is 7. The number of likely N-dealkylation sites (tertiary alicyclic amines) is 1. The quantitative estimate of drug-likeness (QED) is 0.599. The molecular formula is C18H30N4. The minimum atomic E-state index is 0.621. The molecule has 0 bridgehead atoms. The zero-order chi connectivity index (χ0) is 15.6. The van der Waals surface area contributed by atoms with Crippen molar-refractivity contribution in [1.82, 2.24) is 15.5 Å². The Balaban J connectivity index is 1.70. The van der Waals surface area contributed by atoms with Crippen LogP contribution in [0.15, 0.2) is 35.3 Å². The van der Waals surface area contributed by atoms with E-state index in [9.17, 15) is 0 Å². The smallest absolute Gasteiger partial charge is 0.191 e. The first-order valence-electron chi connectivity index (χ1n) is 8.56. The van der Waals surface area contributed by atoms with Crippen molar-refractivity contribution in [1.29, 1.82) is 0 Å². The Morgan fingerprint density at radius 1 is 1.18 bits per heavy atom. The third-order valence-corrected chi connectivity index (χ3v) is 4.41. The molecule has 0 aliphatic carbocycles. The van der Waals surface area contributed by atoms with Gasteiger partial charge in [-0.05, 0) is 44.3 Å². The summed E-state index contributed by atoms with van der Waals surface area (Å²) < 4.78 is 0. The lowest BCUT2D eigenvalue weighted by Crippen LogP contribution is -2.46. The first-order valence-corrected chi connectivity index (χ1v) is 8.56. The monoisotopic (exact) mass is 302 g/mol. The van der Waals surface area contributed by atoms with Gasteiger partial charge in [0.25, 0.3) is 0 Å². The SMILES string of the molecule is CCC(CNC(=NC)NCCc1ccccc1)N1CCCC1. The van der Waals surface area contributed by atoms with Crippen molar-refractivity contribution in [3.63, 3.8) is 0 Å². The van der Waals surface area contributed by atoms with Gasteiger partial charge < -0.3 is 10.6 Å². The van der Waals surface area contributed by atoms with Gasteiger partial charge in [0, 0.05) is 26.2 Å². The highest BCUT2D eigenvalue weighted by molar-refractivity contribution is 5.79. The van der Waals surface area contributed by atoms with Crippen molar-refractivity contribution in [2.75, 3.05) is 33.2 Å². The minimum Gasteiger partial charge on any atom is -0.356 e. The molecule has 1 atom stereocenters. The van der Waals surface area contributed by atoms with Crippen LogP contribution in [0.4, 0.5) is 0 Å². The molecule has 1 fully saturated rings. The Morgan fingerprint density at radius 3 is 2.55 bits per heavy atom. The second-order valence-electron chi connectivity index (χ2n) is 5.92. The van der Waals surface area contributed by atoms with Crippen LogP contribution >= 0.6 is 0 Å². The molecule has 1 aromatic carbocycles. The number of aliphatic imine (C=N–C) groups is 1. The van der Waals surface area contributed by atoms with Gasteiger partial charge in [-0.2, -0.15) is 0 Å². The zero-order valence-corrected chi connectivity index (χ0v) is 14.0. The number of hydrogen-bond donors (Lipinski definition) is 2. The van der Waals surface area contributed by atoms with Crippen molar-refractivity contribution in [3.05, 3.63) is 35.9 Å². The molecule has 0 amide bonds. The summed E-state index contributed by atoms with van der Waals surface area (Å²) in [6.45, 7) is 6.66. The van der Waals surface area contributed by atoms with E-state index in [-0.39, 0.29) is 0 Å². The lowest BCUT2D eigenvalue weighted by Gasteiger charge is -2.27. The summed E-state index contributed by atoms with van der Waals surface area (Å²) in [4.78, 5) is 6.93.